The zero-order valence-electron chi connectivity index (χ0n) is 24.9. The molecule has 1 amide bonds. The minimum Gasteiger partial charge on any atom is -0.394 e. The minimum atomic E-state index is -0.740. The third kappa shape index (κ3) is 25.4. The van der Waals surface area contributed by atoms with Gasteiger partial charge in [-0.2, -0.15) is 0 Å². The fourth-order valence-corrected chi connectivity index (χ4v) is 5.11. The van der Waals surface area contributed by atoms with Gasteiger partial charge in [-0.25, -0.2) is 0 Å². The normalized spacial score (nSPS) is 14.0. The molecule has 0 aliphatic carbocycles. The van der Waals surface area contributed by atoms with Gasteiger partial charge in [0, 0.05) is 0 Å². The number of hydrogen-bond donors (Lipinski definition) is 4. The molecule has 5 heteroatoms. The Kier molecular flexibility index (Phi) is 27.9. The van der Waals surface area contributed by atoms with Crippen LogP contribution >= 0.6 is 0 Å². The highest BCUT2D eigenvalue weighted by Gasteiger charge is 2.21. The summed E-state index contributed by atoms with van der Waals surface area (Å²) in [7, 11) is 0. The third-order valence-electron chi connectivity index (χ3n) is 7.67. The Morgan fingerprint density at radius 3 is 1.30 bits per heavy atom. The topological polar surface area (TPSA) is 89.8 Å². The van der Waals surface area contributed by atoms with E-state index >= 15 is 0 Å². The first-order valence-corrected chi connectivity index (χ1v) is 16.3. The second kappa shape index (κ2) is 28.4. The molecule has 0 aliphatic rings. The van der Waals surface area contributed by atoms with Crippen molar-refractivity contribution in [3.05, 3.63) is 0 Å². The summed E-state index contributed by atoms with van der Waals surface area (Å²) in [4.78, 5) is 12.3. The van der Waals surface area contributed by atoms with Gasteiger partial charge in [0.05, 0.1) is 31.3 Å². The molecule has 37 heavy (non-hydrogen) atoms. The molecule has 3 atom stereocenters. The first kappa shape index (κ1) is 36.4. The lowest BCUT2D eigenvalue weighted by molar-refractivity contribution is -0.125. The lowest BCUT2D eigenvalue weighted by Gasteiger charge is -2.23. The Bertz CT molecular complexity index is 474. The van der Waals surface area contributed by atoms with Crippen molar-refractivity contribution in [2.24, 2.45) is 0 Å². The molecular weight excluding hydrogens is 462 g/mol. The van der Waals surface area contributed by atoms with Crippen molar-refractivity contribution in [3.63, 3.8) is 0 Å². The number of carbonyl (C=O) groups is 1. The molecule has 0 radical (unpaired) electrons. The first-order chi connectivity index (χ1) is 18.0. The van der Waals surface area contributed by atoms with E-state index < -0.39 is 18.2 Å². The standard InChI is InChI=1S/C32H65NO4/c1-3-5-7-9-11-13-14-15-16-18-20-22-24-26-31(36)30(28-34)33-32(37)27-29(35)25-23-21-19-17-12-10-8-6-4-2/h29-31,34-36H,3-28H2,1-2H3,(H,33,37)/t29-,30-,31+/m0/s1. The van der Waals surface area contributed by atoms with Gasteiger partial charge in [-0.05, 0) is 12.8 Å². The van der Waals surface area contributed by atoms with Crippen molar-refractivity contribution in [3.8, 4) is 0 Å². The molecule has 0 aliphatic heterocycles. The van der Waals surface area contributed by atoms with Crippen molar-refractivity contribution in [2.75, 3.05) is 6.61 Å². The van der Waals surface area contributed by atoms with Gasteiger partial charge in [-0.3, -0.25) is 4.79 Å². The molecule has 0 bridgehead atoms. The summed E-state index contributed by atoms with van der Waals surface area (Å²) < 4.78 is 0. The van der Waals surface area contributed by atoms with E-state index in [1.54, 1.807) is 0 Å². The molecule has 0 saturated carbocycles. The van der Waals surface area contributed by atoms with Crippen molar-refractivity contribution >= 4 is 5.91 Å². The van der Waals surface area contributed by atoms with Crippen LogP contribution in [0.1, 0.15) is 174 Å². The third-order valence-corrected chi connectivity index (χ3v) is 7.67. The van der Waals surface area contributed by atoms with E-state index in [0.29, 0.717) is 12.8 Å². The second-order valence-electron chi connectivity index (χ2n) is 11.4. The number of unbranched alkanes of at least 4 members (excludes halogenated alkanes) is 20. The van der Waals surface area contributed by atoms with Crippen molar-refractivity contribution < 1.29 is 20.1 Å². The number of aliphatic hydroxyl groups is 3. The maximum Gasteiger partial charge on any atom is 0.222 e. The highest BCUT2D eigenvalue weighted by Crippen LogP contribution is 2.15. The molecule has 0 rings (SSSR count). The van der Waals surface area contributed by atoms with Gasteiger partial charge in [-0.15, -0.1) is 0 Å². The van der Waals surface area contributed by atoms with Gasteiger partial charge < -0.3 is 20.6 Å². The van der Waals surface area contributed by atoms with E-state index in [2.05, 4.69) is 19.2 Å². The predicted octanol–water partition coefficient (Wildman–Crippen LogP) is 7.98. The molecule has 0 saturated heterocycles. The number of amides is 1. The molecule has 0 unspecified atom stereocenters. The fourth-order valence-electron chi connectivity index (χ4n) is 5.11. The van der Waals surface area contributed by atoms with E-state index in [4.69, 9.17) is 0 Å². The summed E-state index contributed by atoms with van der Waals surface area (Å²) in [5.41, 5.74) is 0. The van der Waals surface area contributed by atoms with Gasteiger partial charge in [0.1, 0.15) is 0 Å². The average molecular weight is 528 g/mol. The van der Waals surface area contributed by atoms with Crippen LogP contribution in [0.25, 0.3) is 0 Å². The largest absolute Gasteiger partial charge is 0.394 e. The van der Waals surface area contributed by atoms with Gasteiger partial charge in [-0.1, -0.05) is 155 Å². The molecule has 0 aromatic rings. The number of hydrogen-bond acceptors (Lipinski definition) is 4. The molecule has 0 fully saturated rings. The van der Waals surface area contributed by atoms with E-state index in [9.17, 15) is 20.1 Å². The molecule has 5 nitrogen and oxygen atoms in total. The lowest BCUT2D eigenvalue weighted by atomic mass is 10.0. The van der Waals surface area contributed by atoms with E-state index in [1.807, 2.05) is 0 Å². The van der Waals surface area contributed by atoms with Crippen LogP contribution in [0.15, 0.2) is 0 Å². The van der Waals surface area contributed by atoms with Gasteiger partial charge in [0.2, 0.25) is 5.91 Å². The highest BCUT2D eigenvalue weighted by molar-refractivity contribution is 5.76. The Labute approximate surface area is 230 Å². The quantitative estimate of drug-likeness (QED) is 0.0742. The zero-order valence-corrected chi connectivity index (χ0v) is 24.9. The predicted molar refractivity (Wildman–Crippen MR) is 158 cm³/mol. The first-order valence-electron chi connectivity index (χ1n) is 16.3. The van der Waals surface area contributed by atoms with E-state index in [1.165, 1.54) is 116 Å². The van der Waals surface area contributed by atoms with Gasteiger partial charge >= 0.3 is 0 Å². The lowest BCUT2D eigenvalue weighted by Crippen LogP contribution is -2.46. The summed E-state index contributed by atoms with van der Waals surface area (Å²) in [5, 5.41) is 33.0. The van der Waals surface area contributed by atoms with Crippen LogP contribution in [0.3, 0.4) is 0 Å². The average Bonchev–Trinajstić information content (AvgIpc) is 2.88. The number of nitrogens with one attached hydrogen (secondary N) is 1. The zero-order chi connectivity index (χ0) is 27.4. The SMILES string of the molecule is CCCCCCCCCCCCCCC[C@@H](O)[C@H](CO)NC(=O)C[C@@H](O)CCCCCCCCCCC. The summed E-state index contributed by atoms with van der Waals surface area (Å²) in [6.07, 6.45) is 27.6. The molecule has 222 valence electrons. The van der Waals surface area contributed by atoms with Crippen LogP contribution in [-0.2, 0) is 4.79 Å². The Morgan fingerprint density at radius 1 is 0.568 bits per heavy atom. The summed E-state index contributed by atoms with van der Waals surface area (Å²) >= 11 is 0. The van der Waals surface area contributed by atoms with Crippen LogP contribution in [0.2, 0.25) is 0 Å². The minimum absolute atomic E-state index is 0.0407. The van der Waals surface area contributed by atoms with Crippen molar-refractivity contribution in [2.45, 2.75) is 193 Å². The second-order valence-corrected chi connectivity index (χ2v) is 11.4. The summed E-state index contributed by atoms with van der Waals surface area (Å²) in [6, 6.07) is -0.648. The summed E-state index contributed by atoms with van der Waals surface area (Å²) in [5.74, 6) is -0.285. The molecule has 0 aromatic heterocycles. The number of rotatable bonds is 29. The molecule has 0 aromatic carbocycles. The summed E-state index contributed by atoms with van der Waals surface area (Å²) in [6.45, 7) is 4.22. The monoisotopic (exact) mass is 527 g/mol. The maximum atomic E-state index is 12.3. The highest BCUT2D eigenvalue weighted by atomic mass is 16.3. The molecule has 0 spiro atoms. The smallest absolute Gasteiger partial charge is 0.222 e. The van der Waals surface area contributed by atoms with Gasteiger partial charge in [0.25, 0.3) is 0 Å². The van der Waals surface area contributed by atoms with Gasteiger partial charge in [0.15, 0.2) is 0 Å². The fraction of sp³-hybridized carbons (Fsp3) is 0.969. The van der Waals surface area contributed by atoms with Crippen molar-refractivity contribution in [1.29, 1.82) is 0 Å². The number of aliphatic hydroxyl groups excluding tert-OH is 3. The van der Waals surface area contributed by atoms with E-state index in [0.717, 1.165) is 25.7 Å². The Hall–Kier alpha value is -0.650. The molecule has 4 N–H and O–H groups in total. The Morgan fingerprint density at radius 2 is 0.919 bits per heavy atom. The molecule has 0 heterocycles. The van der Waals surface area contributed by atoms with E-state index in [-0.39, 0.29) is 18.9 Å². The Balaban J connectivity index is 3.70. The van der Waals surface area contributed by atoms with Crippen molar-refractivity contribution in [1.82, 2.24) is 5.32 Å². The van der Waals surface area contributed by atoms with Crippen LogP contribution < -0.4 is 5.32 Å². The van der Waals surface area contributed by atoms with Crippen LogP contribution in [-0.4, -0.2) is 46.1 Å². The number of carbonyl (C=O) groups excluding carboxylic acids is 1. The van der Waals surface area contributed by atoms with Crippen LogP contribution in [0.4, 0.5) is 0 Å². The van der Waals surface area contributed by atoms with Crippen LogP contribution in [0, 0.1) is 0 Å². The maximum absolute atomic E-state index is 12.3. The molecular formula is C32H65NO4. The van der Waals surface area contributed by atoms with Crippen LogP contribution in [0.5, 0.6) is 0 Å².